The van der Waals surface area contributed by atoms with Gasteiger partial charge in [-0.3, -0.25) is 9.59 Å². The van der Waals surface area contributed by atoms with Gasteiger partial charge in [0.15, 0.2) is 0 Å². The highest BCUT2D eigenvalue weighted by atomic mass is 19.4. The average molecular weight is 588 g/mol. The van der Waals surface area contributed by atoms with E-state index in [0.717, 1.165) is 44.6 Å². The molecule has 2 aromatic rings. The third-order valence-electron chi connectivity index (χ3n) is 8.17. The molecule has 2 aromatic carbocycles. The molecule has 0 unspecified atom stereocenters. The van der Waals surface area contributed by atoms with Crippen LogP contribution in [-0.2, 0) is 22.2 Å². The molecule has 0 bridgehead atoms. The van der Waals surface area contributed by atoms with Gasteiger partial charge in [0.1, 0.15) is 11.6 Å². The molecule has 42 heavy (non-hydrogen) atoms. The number of carbonyl (C=O) groups is 3. The van der Waals surface area contributed by atoms with Crippen LogP contribution in [0.5, 0.6) is 0 Å². The van der Waals surface area contributed by atoms with Gasteiger partial charge in [-0.1, -0.05) is 37.3 Å². The summed E-state index contributed by atoms with van der Waals surface area (Å²) in [6, 6.07) is 13.4. The number of carbonyl (C=O) groups excluding carboxylic acids is 3. The molecule has 0 aliphatic carbocycles. The van der Waals surface area contributed by atoms with Crippen molar-refractivity contribution in [2.75, 3.05) is 38.0 Å². The Hall–Kier alpha value is -3.60. The molecule has 2 saturated heterocycles. The van der Waals surface area contributed by atoms with E-state index in [9.17, 15) is 27.6 Å². The topological polar surface area (TPSA) is 93.8 Å². The zero-order valence-corrected chi connectivity index (χ0v) is 24.0. The smallest absolute Gasteiger partial charge is 0.342 e. The van der Waals surface area contributed by atoms with Crippen molar-refractivity contribution in [1.82, 2.24) is 20.4 Å². The maximum Gasteiger partial charge on any atom is 0.416 e. The third kappa shape index (κ3) is 7.81. The van der Waals surface area contributed by atoms with Crippen LogP contribution >= 0.6 is 0 Å². The Morgan fingerprint density at radius 1 is 1.00 bits per heavy atom. The number of piperazine rings is 1. The zero-order chi connectivity index (χ0) is 30.2. The molecular weight excluding hydrogens is 547 g/mol. The molecule has 1 atom stereocenters. The van der Waals surface area contributed by atoms with Gasteiger partial charge in [0.05, 0.1) is 5.56 Å². The number of urea groups is 1. The van der Waals surface area contributed by atoms with E-state index in [0.29, 0.717) is 45.2 Å². The van der Waals surface area contributed by atoms with E-state index >= 15 is 0 Å². The molecule has 1 spiro atoms. The molecule has 8 nitrogen and oxygen atoms in total. The van der Waals surface area contributed by atoms with E-state index < -0.39 is 29.4 Å². The second-order valence-electron chi connectivity index (χ2n) is 11.1. The maximum absolute atomic E-state index is 13.5. The fourth-order valence-electron chi connectivity index (χ4n) is 5.79. The molecule has 2 heterocycles. The summed E-state index contributed by atoms with van der Waals surface area (Å²) >= 11 is 0. The predicted octanol–water partition coefficient (Wildman–Crippen LogP) is 4.81. The Morgan fingerprint density at radius 3 is 2.33 bits per heavy atom. The van der Waals surface area contributed by atoms with Crippen LogP contribution < -0.4 is 16.0 Å². The van der Waals surface area contributed by atoms with Crippen molar-refractivity contribution in [3.8, 4) is 0 Å². The second kappa shape index (κ2) is 14.0. The lowest BCUT2D eigenvalue weighted by Gasteiger charge is -2.51. The molecule has 4 amide bonds. The normalized spacial score (nSPS) is 19.0. The summed E-state index contributed by atoms with van der Waals surface area (Å²) < 4.78 is 38.1. The van der Waals surface area contributed by atoms with E-state index in [-0.39, 0.29) is 17.5 Å². The number of likely N-dealkylation sites (tertiary alicyclic amines) is 1. The highest BCUT2D eigenvalue weighted by Gasteiger charge is 2.53. The first-order chi connectivity index (χ1) is 20.1. The van der Waals surface area contributed by atoms with E-state index in [1.165, 1.54) is 17.7 Å². The number of halogens is 3. The Balaban J connectivity index is 1.21. The SMILES string of the molecule is CCCN1C(=O)[C@H](CCCCNC(=O)Nc2ccc(C(F)(F)F)cc2)NC(=O)C12CCN(CCc1ccccc1)CC2. The van der Waals surface area contributed by atoms with Gasteiger partial charge in [0.2, 0.25) is 11.8 Å². The number of nitrogens with one attached hydrogen (secondary N) is 3. The molecule has 0 aromatic heterocycles. The number of hydrogen-bond acceptors (Lipinski definition) is 4. The standard InChI is InChI=1S/C31H40F3N5O3/c1-2-19-39-27(40)26(10-6-7-18-35-29(42)36-25-13-11-24(12-14-25)31(32,33)34)37-28(41)30(39)16-21-38(22-17-30)20-15-23-8-4-3-5-9-23/h3-5,8-9,11-14,26H,2,6-7,10,15-22H2,1H3,(H,37,41)(H2,35,36,42)/t26-/m0/s1. The van der Waals surface area contributed by atoms with Gasteiger partial charge >= 0.3 is 12.2 Å². The average Bonchev–Trinajstić information content (AvgIpc) is 2.97. The van der Waals surface area contributed by atoms with Gasteiger partial charge in [-0.25, -0.2) is 4.79 Å². The maximum atomic E-state index is 13.5. The number of piperidine rings is 1. The van der Waals surface area contributed by atoms with Crippen molar-refractivity contribution in [3.05, 3.63) is 65.7 Å². The van der Waals surface area contributed by atoms with E-state index in [2.05, 4.69) is 33.0 Å². The van der Waals surface area contributed by atoms with Crippen LogP contribution in [-0.4, -0.2) is 71.9 Å². The number of benzene rings is 2. The van der Waals surface area contributed by atoms with Crippen molar-refractivity contribution < 1.29 is 27.6 Å². The first-order valence-corrected chi connectivity index (χ1v) is 14.7. The monoisotopic (exact) mass is 587 g/mol. The van der Waals surface area contributed by atoms with Gasteiger partial charge < -0.3 is 25.8 Å². The fraction of sp³-hybridized carbons (Fsp3) is 0.516. The quantitative estimate of drug-likeness (QED) is 0.329. The molecule has 2 aliphatic rings. The van der Waals surface area contributed by atoms with E-state index in [1.807, 2.05) is 30.0 Å². The molecule has 4 rings (SSSR count). The third-order valence-corrected chi connectivity index (χ3v) is 8.17. The number of rotatable bonds is 11. The van der Waals surface area contributed by atoms with Crippen molar-refractivity contribution in [3.63, 3.8) is 0 Å². The number of amides is 4. The van der Waals surface area contributed by atoms with Crippen LogP contribution in [0.4, 0.5) is 23.7 Å². The van der Waals surface area contributed by atoms with E-state index in [4.69, 9.17) is 0 Å². The first kappa shape index (κ1) is 31.3. The second-order valence-corrected chi connectivity index (χ2v) is 11.1. The summed E-state index contributed by atoms with van der Waals surface area (Å²) in [5.74, 6) is -0.112. The Morgan fingerprint density at radius 2 is 1.69 bits per heavy atom. The summed E-state index contributed by atoms with van der Waals surface area (Å²) in [4.78, 5) is 43.3. The summed E-state index contributed by atoms with van der Waals surface area (Å²) in [5, 5.41) is 8.19. The minimum Gasteiger partial charge on any atom is -0.342 e. The molecule has 3 N–H and O–H groups in total. The van der Waals surface area contributed by atoms with Crippen molar-refractivity contribution >= 4 is 23.5 Å². The minimum atomic E-state index is -4.44. The molecule has 2 fully saturated rings. The Labute approximate surface area is 245 Å². The van der Waals surface area contributed by atoms with Crippen LogP contribution in [0.25, 0.3) is 0 Å². The molecule has 0 saturated carbocycles. The number of hydrogen-bond donors (Lipinski definition) is 3. The summed E-state index contributed by atoms with van der Waals surface area (Å²) in [5.41, 5.74) is -0.0487. The Bertz CT molecular complexity index is 1200. The molecule has 0 radical (unpaired) electrons. The molecule has 2 aliphatic heterocycles. The highest BCUT2D eigenvalue weighted by Crippen LogP contribution is 2.34. The lowest BCUT2D eigenvalue weighted by Crippen LogP contribution is -2.72. The minimum absolute atomic E-state index is 0.0396. The number of nitrogens with zero attached hydrogens (tertiary/aromatic N) is 2. The van der Waals surface area contributed by atoms with Gasteiger partial charge in [-0.2, -0.15) is 13.2 Å². The molecule has 11 heteroatoms. The van der Waals surface area contributed by atoms with Crippen LogP contribution in [0.3, 0.4) is 0 Å². The van der Waals surface area contributed by atoms with Gasteiger partial charge in [0.25, 0.3) is 0 Å². The summed E-state index contributed by atoms with van der Waals surface area (Å²) in [7, 11) is 0. The van der Waals surface area contributed by atoms with Gasteiger partial charge in [0, 0.05) is 38.4 Å². The molecule has 228 valence electrons. The number of unbranched alkanes of at least 4 members (excludes halogenated alkanes) is 1. The summed E-state index contributed by atoms with van der Waals surface area (Å²) in [6.07, 6.45) is 0.163. The zero-order valence-electron chi connectivity index (χ0n) is 24.0. The van der Waals surface area contributed by atoms with Crippen molar-refractivity contribution in [1.29, 1.82) is 0 Å². The number of anilines is 1. The molecular formula is C31H40F3N5O3. The van der Waals surface area contributed by atoms with Crippen LogP contribution in [0.15, 0.2) is 54.6 Å². The lowest BCUT2D eigenvalue weighted by molar-refractivity contribution is -0.161. The predicted molar refractivity (Wildman–Crippen MR) is 155 cm³/mol. The lowest BCUT2D eigenvalue weighted by atomic mass is 9.81. The summed E-state index contributed by atoms with van der Waals surface area (Å²) in [6.45, 7) is 5.32. The van der Waals surface area contributed by atoms with Crippen molar-refractivity contribution in [2.24, 2.45) is 0 Å². The Kier molecular flexibility index (Phi) is 10.5. The first-order valence-electron chi connectivity index (χ1n) is 14.7. The van der Waals surface area contributed by atoms with Crippen LogP contribution in [0, 0.1) is 0 Å². The van der Waals surface area contributed by atoms with E-state index in [1.54, 1.807) is 0 Å². The van der Waals surface area contributed by atoms with Crippen LogP contribution in [0.1, 0.15) is 56.6 Å². The highest BCUT2D eigenvalue weighted by molar-refractivity contribution is 6.00. The van der Waals surface area contributed by atoms with Crippen molar-refractivity contribution in [2.45, 2.75) is 69.6 Å². The largest absolute Gasteiger partial charge is 0.416 e. The fourth-order valence-corrected chi connectivity index (χ4v) is 5.79. The van der Waals surface area contributed by atoms with Gasteiger partial charge in [-0.15, -0.1) is 0 Å². The van der Waals surface area contributed by atoms with Gasteiger partial charge in [-0.05, 0) is 74.8 Å². The van der Waals surface area contributed by atoms with Crippen LogP contribution in [0.2, 0.25) is 0 Å². The number of alkyl halides is 3.